The lowest BCUT2D eigenvalue weighted by atomic mass is 10.2. The Labute approximate surface area is 132 Å². The first kappa shape index (κ1) is 16.4. The van der Waals surface area contributed by atoms with Gasteiger partial charge >= 0.3 is 0 Å². The lowest BCUT2D eigenvalue weighted by Crippen LogP contribution is -2.12. The Morgan fingerprint density at radius 2 is 1.95 bits per heavy atom. The number of hydrogen-bond donors (Lipinski definition) is 1. The van der Waals surface area contributed by atoms with E-state index in [1.54, 1.807) is 6.26 Å². The quantitative estimate of drug-likeness (QED) is 0.760. The van der Waals surface area contributed by atoms with Gasteiger partial charge in [-0.2, -0.15) is 0 Å². The zero-order chi connectivity index (χ0) is 15.8. The van der Waals surface area contributed by atoms with Crippen LogP contribution in [0.2, 0.25) is 0 Å². The van der Waals surface area contributed by atoms with Gasteiger partial charge in [-0.05, 0) is 42.7 Å². The van der Waals surface area contributed by atoms with E-state index in [-0.39, 0.29) is 0 Å². The fraction of sp³-hybridized carbons (Fsp3) is 0.444. The van der Waals surface area contributed by atoms with Crippen LogP contribution in [0, 0.1) is 5.92 Å². The molecule has 0 amide bonds. The minimum absolute atomic E-state index is 0.490. The van der Waals surface area contributed by atoms with Crippen molar-refractivity contribution in [1.82, 2.24) is 5.32 Å². The highest BCUT2D eigenvalue weighted by atomic mass is 16.5. The predicted octanol–water partition coefficient (Wildman–Crippen LogP) is 4.00. The summed E-state index contributed by atoms with van der Waals surface area (Å²) in [5, 5.41) is 3.35. The number of benzene rings is 1. The van der Waals surface area contributed by atoms with Crippen LogP contribution in [-0.2, 0) is 13.1 Å². The van der Waals surface area contributed by atoms with Crippen LogP contribution in [0.5, 0.6) is 11.5 Å². The highest BCUT2D eigenvalue weighted by Gasteiger charge is 2.07. The van der Waals surface area contributed by atoms with Crippen LogP contribution in [0.15, 0.2) is 41.0 Å². The summed E-state index contributed by atoms with van der Waals surface area (Å²) in [7, 11) is 0. The third kappa shape index (κ3) is 5.11. The largest absolute Gasteiger partial charge is 0.490 e. The second-order valence-corrected chi connectivity index (χ2v) is 5.60. The maximum atomic E-state index is 5.81. The molecular formula is C18H25NO3. The summed E-state index contributed by atoms with van der Waals surface area (Å²) < 4.78 is 16.8. The van der Waals surface area contributed by atoms with Gasteiger partial charge in [0.15, 0.2) is 11.5 Å². The molecule has 0 bridgehead atoms. The number of nitrogens with one attached hydrogen (secondary N) is 1. The van der Waals surface area contributed by atoms with Crippen molar-refractivity contribution in [2.45, 2.75) is 33.9 Å². The molecule has 1 heterocycles. The van der Waals surface area contributed by atoms with Crippen LogP contribution in [0.3, 0.4) is 0 Å². The molecule has 0 aliphatic carbocycles. The van der Waals surface area contributed by atoms with Gasteiger partial charge in [-0.15, -0.1) is 0 Å². The maximum Gasteiger partial charge on any atom is 0.161 e. The summed E-state index contributed by atoms with van der Waals surface area (Å²) >= 11 is 0. The Kier molecular flexibility index (Phi) is 6.34. The number of ether oxygens (including phenoxy) is 2. The van der Waals surface area contributed by atoms with Crippen LogP contribution in [0.25, 0.3) is 0 Å². The molecule has 0 saturated carbocycles. The van der Waals surface area contributed by atoms with Crippen molar-refractivity contribution in [1.29, 1.82) is 0 Å². The van der Waals surface area contributed by atoms with Gasteiger partial charge in [0, 0.05) is 6.54 Å². The van der Waals surface area contributed by atoms with Crippen LogP contribution in [0.4, 0.5) is 0 Å². The molecule has 2 rings (SSSR count). The molecule has 0 saturated heterocycles. The van der Waals surface area contributed by atoms with Gasteiger partial charge in [0.25, 0.3) is 0 Å². The van der Waals surface area contributed by atoms with Crippen molar-refractivity contribution < 1.29 is 13.9 Å². The molecule has 0 aliphatic heterocycles. The van der Waals surface area contributed by atoms with Crippen molar-refractivity contribution in [2.24, 2.45) is 5.92 Å². The molecule has 1 N–H and O–H groups in total. The molecule has 0 radical (unpaired) electrons. The average molecular weight is 303 g/mol. The van der Waals surface area contributed by atoms with E-state index in [4.69, 9.17) is 13.9 Å². The van der Waals surface area contributed by atoms with Gasteiger partial charge in [-0.1, -0.05) is 19.9 Å². The van der Waals surface area contributed by atoms with Crippen LogP contribution in [0.1, 0.15) is 32.1 Å². The SMILES string of the molecule is CCOc1cc(CNCc2ccco2)ccc1OCC(C)C. The molecule has 0 atom stereocenters. The predicted molar refractivity (Wildman–Crippen MR) is 87.2 cm³/mol. The van der Waals surface area contributed by atoms with Crippen molar-refractivity contribution in [2.75, 3.05) is 13.2 Å². The molecule has 1 aromatic heterocycles. The Hall–Kier alpha value is -1.94. The highest BCUT2D eigenvalue weighted by Crippen LogP contribution is 2.29. The fourth-order valence-corrected chi connectivity index (χ4v) is 2.05. The van der Waals surface area contributed by atoms with Crippen molar-refractivity contribution in [3.8, 4) is 11.5 Å². The molecule has 0 fully saturated rings. The molecule has 0 aliphatic rings. The van der Waals surface area contributed by atoms with E-state index in [1.165, 1.54) is 0 Å². The van der Waals surface area contributed by atoms with Gasteiger partial charge in [0.2, 0.25) is 0 Å². The molecule has 4 heteroatoms. The molecule has 0 unspecified atom stereocenters. The number of rotatable bonds is 9. The topological polar surface area (TPSA) is 43.6 Å². The lowest BCUT2D eigenvalue weighted by molar-refractivity contribution is 0.248. The Morgan fingerprint density at radius 1 is 1.09 bits per heavy atom. The highest BCUT2D eigenvalue weighted by molar-refractivity contribution is 5.43. The van der Waals surface area contributed by atoms with Crippen molar-refractivity contribution in [3.05, 3.63) is 47.9 Å². The van der Waals surface area contributed by atoms with Crippen LogP contribution >= 0.6 is 0 Å². The third-order valence-electron chi connectivity index (χ3n) is 3.09. The first-order chi connectivity index (χ1) is 10.7. The van der Waals surface area contributed by atoms with E-state index in [2.05, 4.69) is 25.2 Å². The van der Waals surface area contributed by atoms with Gasteiger partial charge < -0.3 is 19.2 Å². The van der Waals surface area contributed by atoms with Gasteiger partial charge in [-0.3, -0.25) is 0 Å². The van der Waals surface area contributed by atoms with Crippen molar-refractivity contribution in [3.63, 3.8) is 0 Å². The Bertz CT molecular complexity index is 549. The molecule has 120 valence electrons. The number of furan rings is 1. The van der Waals surface area contributed by atoms with E-state index in [1.807, 2.05) is 31.2 Å². The van der Waals surface area contributed by atoms with E-state index in [0.717, 1.165) is 29.4 Å². The summed E-state index contributed by atoms with van der Waals surface area (Å²) in [6.45, 7) is 9.03. The lowest BCUT2D eigenvalue weighted by Gasteiger charge is -2.14. The monoisotopic (exact) mass is 303 g/mol. The smallest absolute Gasteiger partial charge is 0.161 e. The maximum absolute atomic E-state index is 5.81. The van der Waals surface area contributed by atoms with Crippen molar-refractivity contribution >= 4 is 0 Å². The Balaban J connectivity index is 1.94. The van der Waals surface area contributed by atoms with Gasteiger partial charge in [0.1, 0.15) is 5.76 Å². The zero-order valence-electron chi connectivity index (χ0n) is 13.6. The van der Waals surface area contributed by atoms with Gasteiger partial charge in [-0.25, -0.2) is 0 Å². The second-order valence-electron chi connectivity index (χ2n) is 5.60. The second kappa shape index (κ2) is 8.49. The van der Waals surface area contributed by atoms with E-state index in [0.29, 0.717) is 25.7 Å². The summed E-state index contributed by atoms with van der Waals surface area (Å²) in [4.78, 5) is 0. The standard InChI is InChI=1S/C18H25NO3/c1-4-20-18-10-15(7-8-17(18)22-13-14(2)3)11-19-12-16-6-5-9-21-16/h5-10,14,19H,4,11-13H2,1-3H3. The zero-order valence-corrected chi connectivity index (χ0v) is 13.6. The molecule has 1 aromatic carbocycles. The number of hydrogen-bond acceptors (Lipinski definition) is 4. The van der Waals surface area contributed by atoms with E-state index >= 15 is 0 Å². The molecule has 4 nitrogen and oxygen atoms in total. The third-order valence-corrected chi connectivity index (χ3v) is 3.09. The first-order valence-electron chi connectivity index (χ1n) is 7.80. The Morgan fingerprint density at radius 3 is 2.64 bits per heavy atom. The molecule has 0 spiro atoms. The van der Waals surface area contributed by atoms with E-state index < -0.39 is 0 Å². The summed E-state index contributed by atoms with van der Waals surface area (Å²) in [5.41, 5.74) is 1.16. The van der Waals surface area contributed by atoms with Crippen LogP contribution in [-0.4, -0.2) is 13.2 Å². The molecule has 2 aromatic rings. The average Bonchev–Trinajstić information content (AvgIpc) is 3.00. The van der Waals surface area contributed by atoms with Crippen LogP contribution < -0.4 is 14.8 Å². The minimum atomic E-state index is 0.490. The molecular weight excluding hydrogens is 278 g/mol. The fourth-order valence-electron chi connectivity index (χ4n) is 2.05. The minimum Gasteiger partial charge on any atom is -0.490 e. The normalized spacial score (nSPS) is 10.9. The van der Waals surface area contributed by atoms with E-state index in [9.17, 15) is 0 Å². The first-order valence-corrected chi connectivity index (χ1v) is 7.80. The summed E-state index contributed by atoms with van der Waals surface area (Å²) in [5.74, 6) is 3.04. The summed E-state index contributed by atoms with van der Waals surface area (Å²) in [6.07, 6.45) is 1.69. The van der Waals surface area contributed by atoms with Gasteiger partial charge in [0.05, 0.1) is 26.0 Å². The summed E-state index contributed by atoms with van der Waals surface area (Å²) in [6, 6.07) is 9.94. The molecule has 22 heavy (non-hydrogen) atoms.